The predicted octanol–water partition coefficient (Wildman–Crippen LogP) is 1.24. The van der Waals surface area contributed by atoms with E-state index in [1.165, 1.54) is 6.42 Å². The van der Waals surface area contributed by atoms with Gasteiger partial charge in [-0.15, -0.1) is 0 Å². The van der Waals surface area contributed by atoms with Gasteiger partial charge < -0.3 is 10.8 Å². The molecule has 0 aliphatic heterocycles. The quantitative estimate of drug-likeness (QED) is 0.757. The zero-order chi connectivity index (χ0) is 10.0. The number of nitrogens with zero attached hydrogens (tertiary/aromatic N) is 1. The second kappa shape index (κ2) is 3.67. The highest BCUT2D eigenvalue weighted by Crippen LogP contribution is 2.48. The van der Waals surface area contributed by atoms with E-state index in [9.17, 15) is 5.11 Å². The van der Waals surface area contributed by atoms with Crippen LogP contribution < -0.4 is 5.73 Å². The van der Waals surface area contributed by atoms with Crippen molar-refractivity contribution in [3.63, 3.8) is 0 Å². The number of aliphatic hydroxyl groups excluding tert-OH is 1. The number of nitrogens with two attached hydrogens (primary N) is 1. The number of rotatable bonds is 3. The van der Waals surface area contributed by atoms with E-state index in [1.807, 2.05) is 18.2 Å². The summed E-state index contributed by atoms with van der Waals surface area (Å²) in [6.07, 6.45) is 4.95. The third kappa shape index (κ3) is 1.42. The molecule has 0 saturated heterocycles. The predicted molar refractivity (Wildman–Crippen MR) is 54.5 cm³/mol. The molecule has 0 aromatic carbocycles. The Morgan fingerprint density at radius 1 is 1.50 bits per heavy atom. The normalized spacial score (nSPS) is 21.3. The first kappa shape index (κ1) is 9.62. The van der Waals surface area contributed by atoms with E-state index < -0.39 is 0 Å². The van der Waals surface area contributed by atoms with Gasteiger partial charge in [0, 0.05) is 11.6 Å². The molecule has 3 nitrogen and oxygen atoms in total. The second-order valence-corrected chi connectivity index (χ2v) is 4.11. The third-order valence-corrected chi connectivity index (χ3v) is 3.33. The van der Waals surface area contributed by atoms with Gasteiger partial charge in [-0.25, -0.2) is 0 Å². The summed E-state index contributed by atoms with van der Waals surface area (Å²) >= 11 is 0. The van der Waals surface area contributed by atoms with Crippen LogP contribution in [-0.4, -0.2) is 16.7 Å². The van der Waals surface area contributed by atoms with Crippen molar-refractivity contribution in [1.82, 2.24) is 4.98 Å². The lowest BCUT2D eigenvalue weighted by Gasteiger charge is -2.44. The molecule has 1 atom stereocenters. The van der Waals surface area contributed by atoms with E-state index >= 15 is 0 Å². The van der Waals surface area contributed by atoms with E-state index in [1.54, 1.807) is 6.20 Å². The highest BCUT2D eigenvalue weighted by Gasteiger charge is 2.42. The molecule has 1 aromatic heterocycles. The van der Waals surface area contributed by atoms with Crippen molar-refractivity contribution in [3.05, 3.63) is 30.1 Å². The number of hydrogen-bond donors (Lipinski definition) is 2. The van der Waals surface area contributed by atoms with Gasteiger partial charge in [0.2, 0.25) is 0 Å². The summed E-state index contributed by atoms with van der Waals surface area (Å²) in [6.45, 7) is 0.171. The molecule has 1 aliphatic carbocycles. The Morgan fingerprint density at radius 3 is 2.71 bits per heavy atom. The molecular formula is C11H16N2O. The molecule has 76 valence electrons. The smallest absolute Gasteiger partial charge is 0.0577 e. The average molecular weight is 192 g/mol. The van der Waals surface area contributed by atoms with Crippen molar-refractivity contribution in [2.45, 2.75) is 25.3 Å². The number of aromatic nitrogens is 1. The highest BCUT2D eigenvalue weighted by atomic mass is 16.3. The SMILES string of the molecule is NC(c1ccccn1)C1(CO)CCC1. The Morgan fingerprint density at radius 2 is 2.29 bits per heavy atom. The molecule has 1 aliphatic rings. The molecule has 0 spiro atoms. The van der Waals surface area contributed by atoms with Gasteiger partial charge in [-0.2, -0.15) is 0 Å². The van der Waals surface area contributed by atoms with Crippen molar-refractivity contribution in [2.75, 3.05) is 6.61 Å². The van der Waals surface area contributed by atoms with Crippen LogP contribution in [0, 0.1) is 5.41 Å². The van der Waals surface area contributed by atoms with Crippen LogP contribution in [0.15, 0.2) is 24.4 Å². The Kier molecular flexibility index (Phi) is 2.52. The van der Waals surface area contributed by atoms with Crippen LogP contribution in [0.1, 0.15) is 31.0 Å². The van der Waals surface area contributed by atoms with Gasteiger partial charge in [-0.1, -0.05) is 12.5 Å². The lowest BCUT2D eigenvalue weighted by Crippen LogP contribution is -2.43. The van der Waals surface area contributed by atoms with Crippen LogP contribution in [0.3, 0.4) is 0 Å². The van der Waals surface area contributed by atoms with Crippen molar-refractivity contribution in [3.8, 4) is 0 Å². The molecule has 0 radical (unpaired) electrons. The lowest BCUT2D eigenvalue weighted by atomic mass is 9.64. The van der Waals surface area contributed by atoms with Gasteiger partial charge in [0.1, 0.15) is 0 Å². The van der Waals surface area contributed by atoms with Gasteiger partial charge in [0.25, 0.3) is 0 Å². The molecule has 1 aromatic rings. The summed E-state index contributed by atoms with van der Waals surface area (Å²) in [5.41, 5.74) is 6.91. The molecule has 1 fully saturated rings. The summed E-state index contributed by atoms with van der Waals surface area (Å²) in [7, 11) is 0. The first-order valence-corrected chi connectivity index (χ1v) is 5.06. The summed E-state index contributed by atoms with van der Waals surface area (Å²) in [5, 5.41) is 9.36. The minimum Gasteiger partial charge on any atom is -0.396 e. The highest BCUT2D eigenvalue weighted by molar-refractivity contribution is 5.14. The maximum Gasteiger partial charge on any atom is 0.0577 e. The van der Waals surface area contributed by atoms with E-state index in [0.717, 1.165) is 18.5 Å². The lowest BCUT2D eigenvalue weighted by molar-refractivity contribution is 0.0171. The number of hydrogen-bond acceptors (Lipinski definition) is 3. The molecule has 2 rings (SSSR count). The van der Waals surface area contributed by atoms with Crippen molar-refractivity contribution in [1.29, 1.82) is 0 Å². The average Bonchev–Trinajstić information content (AvgIpc) is 2.18. The summed E-state index contributed by atoms with van der Waals surface area (Å²) in [4.78, 5) is 4.24. The van der Waals surface area contributed by atoms with Gasteiger partial charge in [-0.3, -0.25) is 4.98 Å². The first-order valence-electron chi connectivity index (χ1n) is 5.06. The fourth-order valence-electron chi connectivity index (χ4n) is 2.07. The van der Waals surface area contributed by atoms with Gasteiger partial charge in [-0.05, 0) is 25.0 Å². The standard InChI is InChI=1S/C11H16N2O/c12-10(9-4-1-2-7-13-9)11(8-14)5-3-6-11/h1-2,4,7,10,14H,3,5-6,8,12H2. The summed E-state index contributed by atoms with van der Waals surface area (Å²) < 4.78 is 0. The Bertz CT molecular complexity index is 290. The van der Waals surface area contributed by atoms with Gasteiger partial charge >= 0.3 is 0 Å². The molecule has 0 bridgehead atoms. The topological polar surface area (TPSA) is 59.1 Å². The Balaban J connectivity index is 2.19. The van der Waals surface area contributed by atoms with Crippen LogP contribution in [0.4, 0.5) is 0 Å². The second-order valence-electron chi connectivity index (χ2n) is 4.11. The van der Waals surface area contributed by atoms with Gasteiger partial charge in [0.15, 0.2) is 0 Å². The van der Waals surface area contributed by atoms with E-state index in [0.29, 0.717) is 0 Å². The molecule has 1 unspecified atom stereocenters. The van der Waals surface area contributed by atoms with Crippen molar-refractivity contribution >= 4 is 0 Å². The molecule has 3 N–H and O–H groups in total. The van der Waals surface area contributed by atoms with Crippen LogP contribution in [-0.2, 0) is 0 Å². The fourth-order valence-corrected chi connectivity index (χ4v) is 2.07. The van der Waals surface area contributed by atoms with Crippen LogP contribution in [0.5, 0.6) is 0 Å². The zero-order valence-electron chi connectivity index (χ0n) is 8.19. The van der Waals surface area contributed by atoms with Crippen molar-refractivity contribution in [2.24, 2.45) is 11.1 Å². The Hall–Kier alpha value is -0.930. The van der Waals surface area contributed by atoms with Crippen molar-refractivity contribution < 1.29 is 5.11 Å². The minimum atomic E-state index is -0.123. The number of aliphatic hydroxyl groups is 1. The largest absolute Gasteiger partial charge is 0.396 e. The van der Waals surface area contributed by atoms with Crippen LogP contribution in [0.25, 0.3) is 0 Å². The molecule has 1 heterocycles. The summed E-state index contributed by atoms with van der Waals surface area (Å²) in [6, 6.07) is 5.62. The monoisotopic (exact) mass is 192 g/mol. The first-order chi connectivity index (χ1) is 6.78. The summed E-state index contributed by atoms with van der Waals surface area (Å²) in [5.74, 6) is 0. The molecule has 0 amide bonds. The molecular weight excluding hydrogens is 176 g/mol. The molecule has 3 heteroatoms. The number of pyridine rings is 1. The van der Waals surface area contributed by atoms with E-state index in [2.05, 4.69) is 4.98 Å². The van der Waals surface area contributed by atoms with Gasteiger partial charge in [0.05, 0.1) is 18.3 Å². The zero-order valence-corrected chi connectivity index (χ0v) is 8.19. The Labute approximate surface area is 84.0 Å². The van der Waals surface area contributed by atoms with E-state index in [4.69, 9.17) is 5.73 Å². The molecule has 14 heavy (non-hydrogen) atoms. The maximum absolute atomic E-state index is 9.36. The minimum absolute atomic E-state index is 0.103. The van der Waals surface area contributed by atoms with Crippen LogP contribution in [0.2, 0.25) is 0 Å². The van der Waals surface area contributed by atoms with Crippen LogP contribution >= 0.6 is 0 Å². The maximum atomic E-state index is 9.36. The fraction of sp³-hybridized carbons (Fsp3) is 0.545. The van der Waals surface area contributed by atoms with E-state index in [-0.39, 0.29) is 18.1 Å². The molecule has 1 saturated carbocycles. The third-order valence-electron chi connectivity index (χ3n) is 3.33.